The summed E-state index contributed by atoms with van der Waals surface area (Å²) in [6, 6.07) is 12.9. The smallest absolute Gasteiger partial charge is 0.255 e. The Bertz CT molecular complexity index is 981. The predicted octanol–water partition coefficient (Wildman–Crippen LogP) is 2.39. The molecule has 0 unspecified atom stereocenters. The third kappa shape index (κ3) is 5.07. The molecule has 0 saturated carbocycles. The van der Waals surface area contributed by atoms with Crippen molar-refractivity contribution in [1.29, 1.82) is 0 Å². The molecule has 7 nitrogen and oxygen atoms in total. The second-order valence-corrected chi connectivity index (χ2v) is 9.54. The van der Waals surface area contributed by atoms with E-state index >= 15 is 0 Å². The monoisotopic (exact) mass is 416 g/mol. The average molecular weight is 417 g/mol. The van der Waals surface area contributed by atoms with E-state index in [-0.39, 0.29) is 5.91 Å². The highest BCUT2D eigenvalue weighted by Gasteiger charge is 2.17. The Morgan fingerprint density at radius 1 is 1.03 bits per heavy atom. The standard InChI is InChI=1S/C21H28N4O3S/c1-16-5-6-17(15-20(16)24(3)29(4,27)28)21(26)22-18-7-9-19(10-8-18)25-13-11-23(2)12-14-25/h5-10,15H,11-14H2,1-4H3,(H,22,26). The third-order valence-electron chi connectivity index (χ3n) is 5.30. The van der Waals surface area contributed by atoms with Gasteiger partial charge >= 0.3 is 0 Å². The highest BCUT2D eigenvalue weighted by atomic mass is 32.2. The van der Waals surface area contributed by atoms with Crippen LogP contribution < -0.4 is 14.5 Å². The van der Waals surface area contributed by atoms with Gasteiger partial charge in [0.1, 0.15) is 0 Å². The van der Waals surface area contributed by atoms with Gasteiger partial charge in [-0.3, -0.25) is 9.10 Å². The Labute approximate surface area is 173 Å². The maximum Gasteiger partial charge on any atom is 0.255 e. The van der Waals surface area contributed by atoms with Crippen molar-refractivity contribution < 1.29 is 13.2 Å². The Morgan fingerprint density at radius 2 is 1.66 bits per heavy atom. The van der Waals surface area contributed by atoms with E-state index in [1.165, 1.54) is 11.4 Å². The van der Waals surface area contributed by atoms with Crippen LogP contribution in [0.2, 0.25) is 0 Å². The fourth-order valence-corrected chi connectivity index (χ4v) is 3.85. The van der Waals surface area contributed by atoms with Crippen LogP contribution in [0.1, 0.15) is 15.9 Å². The summed E-state index contributed by atoms with van der Waals surface area (Å²) in [5.74, 6) is -0.277. The summed E-state index contributed by atoms with van der Waals surface area (Å²) in [7, 11) is 0.203. The first-order chi connectivity index (χ1) is 13.6. The number of carbonyl (C=O) groups is 1. The molecule has 3 rings (SSSR count). The van der Waals surface area contributed by atoms with Gasteiger partial charge in [-0.2, -0.15) is 0 Å². The first-order valence-corrected chi connectivity index (χ1v) is 11.4. The molecule has 1 aliphatic rings. The Balaban J connectivity index is 1.72. The van der Waals surface area contributed by atoms with Crippen LogP contribution in [0.25, 0.3) is 0 Å². The largest absolute Gasteiger partial charge is 0.369 e. The maximum atomic E-state index is 12.7. The number of rotatable bonds is 5. The van der Waals surface area contributed by atoms with Crippen LogP contribution in [0.15, 0.2) is 42.5 Å². The minimum absolute atomic E-state index is 0.277. The van der Waals surface area contributed by atoms with Gasteiger partial charge in [-0.25, -0.2) is 8.42 Å². The summed E-state index contributed by atoms with van der Waals surface area (Å²) >= 11 is 0. The summed E-state index contributed by atoms with van der Waals surface area (Å²) < 4.78 is 24.9. The zero-order valence-corrected chi connectivity index (χ0v) is 18.2. The number of hydrogen-bond acceptors (Lipinski definition) is 5. The summed E-state index contributed by atoms with van der Waals surface area (Å²) in [6.07, 6.45) is 1.14. The Kier molecular flexibility index (Phi) is 6.14. The summed E-state index contributed by atoms with van der Waals surface area (Å²) in [5.41, 5.74) is 3.52. The number of nitrogens with zero attached hydrogens (tertiary/aromatic N) is 3. The van der Waals surface area contributed by atoms with Crippen molar-refractivity contribution in [2.75, 3.05) is 61.1 Å². The van der Waals surface area contributed by atoms with Crippen molar-refractivity contribution in [3.8, 4) is 0 Å². The summed E-state index contributed by atoms with van der Waals surface area (Å²) in [6.45, 7) is 5.87. The fraction of sp³-hybridized carbons (Fsp3) is 0.381. The number of anilines is 3. The SMILES string of the molecule is Cc1ccc(C(=O)Nc2ccc(N3CCN(C)CC3)cc2)cc1N(C)S(C)(=O)=O. The van der Waals surface area contributed by atoms with Gasteiger partial charge in [0.05, 0.1) is 11.9 Å². The summed E-state index contributed by atoms with van der Waals surface area (Å²) in [4.78, 5) is 17.3. The molecule has 1 N–H and O–H groups in total. The number of nitrogens with one attached hydrogen (secondary N) is 1. The van der Waals surface area contributed by atoms with Crippen LogP contribution in [0.4, 0.5) is 17.1 Å². The molecule has 2 aromatic rings. The van der Waals surface area contributed by atoms with Gasteiger partial charge in [-0.05, 0) is 55.9 Å². The van der Waals surface area contributed by atoms with E-state index in [0.29, 0.717) is 16.9 Å². The van der Waals surface area contributed by atoms with Crippen LogP contribution >= 0.6 is 0 Å². The molecular weight excluding hydrogens is 388 g/mol. The zero-order valence-electron chi connectivity index (χ0n) is 17.3. The summed E-state index contributed by atoms with van der Waals surface area (Å²) in [5, 5.41) is 2.89. The molecule has 0 spiro atoms. The predicted molar refractivity (Wildman–Crippen MR) is 119 cm³/mol. The van der Waals surface area contributed by atoms with Gasteiger partial charge < -0.3 is 15.1 Å². The van der Waals surface area contributed by atoms with Crippen molar-refractivity contribution in [2.24, 2.45) is 0 Å². The number of sulfonamides is 1. The third-order valence-corrected chi connectivity index (χ3v) is 6.49. The topological polar surface area (TPSA) is 73.0 Å². The van der Waals surface area contributed by atoms with E-state index < -0.39 is 10.0 Å². The van der Waals surface area contributed by atoms with E-state index in [2.05, 4.69) is 22.2 Å². The normalized spacial score (nSPS) is 15.2. The van der Waals surface area contributed by atoms with Gasteiger partial charge in [0, 0.05) is 50.2 Å². The van der Waals surface area contributed by atoms with Gasteiger partial charge in [-0.15, -0.1) is 0 Å². The van der Waals surface area contributed by atoms with Crippen molar-refractivity contribution in [3.05, 3.63) is 53.6 Å². The highest BCUT2D eigenvalue weighted by Crippen LogP contribution is 2.24. The van der Waals surface area contributed by atoms with Crippen LogP contribution in [-0.2, 0) is 10.0 Å². The molecule has 2 aromatic carbocycles. The lowest BCUT2D eigenvalue weighted by molar-refractivity contribution is 0.102. The van der Waals surface area contributed by atoms with E-state index in [1.54, 1.807) is 18.2 Å². The molecule has 0 radical (unpaired) electrons. The number of aryl methyl sites for hydroxylation is 1. The Morgan fingerprint density at radius 3 is 2.24 bits per heavy atom. The highest BCUT2D eigenvalue weighted by molar-refractivity contribution is 7.92. The Hall–Kier alpha value is -2.58. The molecule has 29 heavy (non-hydrogen) atoms. The molecule has 156 valence electrons. The molecule has 1 amide bonds. The average Bonchev–Trinajstić information content (AvgIpc) is 2.68. The lowest BCUT2D eigenvalue weighted by Gasteiger charge is -2.34. The maximum absolute atomic E-state index is 12.7. The van der Waals surface area contributed by atoms with Crippen molar-refractivity contribution >= 4 is 33.0 Å². The van der Waals surface area contributed by atoms with E-state index in [9.17, 15) is 13.2 Å². The molecule has 1 aliphatic heterocycles. The second kappa shape index (κ2) is 8.42. The minimum Gasteiger partial charge on any atom is -0.369 e. The lowest BCUT2D eigenvalue weighted by Crippen LogP contribution is -2.44. The fourth-order valence-electron chi connectivity index (χ4n) is 3.29. The molecule has 0 atom stereocenters. The van der Waals surface area contributed by atoms with Crippen LogP contribution in [0.5, 0.6) is 0 Å². The second-order valence-electron chi connectivity index (χ2n) is 7.52. The van der Waals surface area contributed by atoms with Gasteiger partial charge in [0.2, 0.25) is 10.0 Å². The molecule has 1 fully saturated rings. The van der Waals surface area contributed by atoms with Crippen molar-refractivity contribution in [2.45, 2.75) is 6.92 Å². The van der Waals surface area contributed by atoms with E-state index in [0.717, 1.165) is 43.7 Å². The molecule has 0 aromatic heterocycles. The van der Waals surface area contributed by atoms with Crippen molar-refractivity contribution in [3.63, 3.8) is 0 Å². The minimum atomic E-state index is -3.40. The van der Waals surface area contributed by atoms with Crippen molar-refractivity contribution in [1.82, 2.24) is 4.90 Å². The molecule has 0 aliphatic carbocycles. The molecule has 8 heteroatoms. The van der Waals surface area contributed by atoms with Gasteiger partial charge in [-0.1, -0.05) is 6.07 Å². The number of hydrogen-bond donors (Lipinski definition) is 1. The molecule has 1 heterocycles. The molecule has 1 saturated heterocycles. The number of likely N-dealkylation sites (N-methyl/N-ethyl adjacent to an activating group) is 1. The number of piperazine rings is 1. The van der Waals surface area contributed by atoms with Gasteiger partial charge in [0.15, 0.2) is 0 Å². The quantitative estimate of drug-likeness (QED) is 0.810. The first-order valence-electron chi connectivity index (χ1n) is 9.54. The lowest BCUT2D eigenvalue weighted by atomic mass is 10.1. The van der Waals surface area contributed by atoms with Crippen LogP contribution in [0.3, 0.4) is 0 Å². The molecule has 0 bridgehead atoms. The number of amides is 1. The van der Waals surface area contributed by atoms with E-state index in [4.69, 9.17) is 0 Å². The van der Waals surface area contributed by atoms with Crippen LogP contribution in [-0.4, -0.2) is 65.8 Å². The first kappa shape index (κ1) is 21.1. The number of benzene rings is 2. The molecular formula is C21H28N4O3S. The van der Waals surface area contributed by atoms with E-state index in [1.807, 2.05) is 31.2 Å². The number of carbonyl (C=O) groups excluding carboxylic acids is 1. The zero-order chi connectivity index (χ0) is 21.2. The van der Waals surface area contributed by atoms with Crippen LogP contribution in [0, 0.1) is 6.92 Å². The van der Waals surface area contributed by atoms with Gasteiger partial charge in [0.25, 0.3) is 5.91 Å².